The molecular formula is C9H9NO5S. The normalized spacial score (nSPS) is 10.9. The molecule has 0 atom stereocenters. The van der Waals surface area contributed by atoms with Crippen molar-refractivity contribution in [3.8, 4) is 0 Å². The Bertz CT molecular complexity index is 535. The fraction of sp³-hybridized carbons (Fsp3) is 0.111. The second-order valence-electron chi connectivity index (χ2n) is 3.03. The molecule has 1 rings (SSSR count). The average Bonchev–Trinajstić information content (AvgIpc) is 2.14. The van der Waals surface area contributed by atoms with Crippen molar-refractivity contribution in [2.24, 2.45) is 0 Å². The predicted molar refractivity (Wildman–Crippen MR) is 55.9 cm³/mol. The van der Waals surface area contributed by atoms with Crippen LogP contribution >= 0.6 is 0 Å². The molecule has 0 spiro atoms. The van der Waals surface area contributed by atoms with Crippen molar-refractivity contribution in [3.63, 3.8) is 0 Å². The SMILES string of the molecule is CC(=O)Nc1cc(C=O)ccc1S(=O)(=O)O. The van der Waals surface area contributed by atoms with Gasteiger partial charge in [-0.3, -0.25) is 14.1 Å². The first kappa shape index (κ1) is 12.3. The van der Waals surface area contributed by atoms with Gasteiger partial charge in [0.05, 0.1) is 5.69 Å². The Labute approximate surface area is 92.0 Å². The van der Waals surface area contributed by atoms with Gasteiger partial charge in [0.25, 0.3) is 10.1 Å². The van der Waals surface area contributed by atoms with Gasteiger partial charge in [0.1, 0.15) is 11.2 Å². The van der Waals surface area contributed by atoms with Gasteiger partial charge in [-0.25, -0.2) is 0 Å². The van der Waals surface area contributed by atoms with Crippen LogP contribution in [0.15, 0.2) is 23.1 Å². The van der Waals surface area contributed by atoms with E-state index in [2.05, 4.69) is 5.32 Å². The van der Waals surface area contributed by atoms with Gasteiger partial charge in [-0.15, -0.1) is 0 Å². The van der Waals surface area contributed by atoms with E-state index >= 15 is 0 Å². The minimum Gasteiger partial charge on any atom is -0.325 e. The Morgan fingerprint density at radius 2 is 2.06 bits per heavy atom. The Kier molecular flexibility index (Phi) is 3.41. The summed E-state index contributed by atoms with van der Waals surface area (Å²) in [5.74, 6) is -0.507. The lowest BCUT2D eigenvalue weighted by Gasteiger charge is -2.07. The van der Waals surface area contributed by atoms with Crippen molar-refractivity contribution in [2.75, 3.05) is 5.32 Å². The van der Waals surface area contributed by atoms with Crippen LogP contribution in [0.4, 0.5) is 5.69 Å². The molecule has 1 aromatic carbocycles. The molecule has 0 saturated heterocycles. The van der Waals surface area contributed by atoms with Crippen molar-refractivity contribution in [3.05, 3.63) is 23.8 Å². The molecule has 86 valence electrons. The Morgan fingerprint density at radius 1 is 1.44 bits per heavy atom. The highest BCUT2D eigenvalue weighted by atomic mass is 32.2. The largest absolute Gasteiger partial charge is 0.325 e. The summed E-state index contributed by atoms with van der Waals surface area (Å²) in [5, 5.41) is 2.22. The summed E-state index contributed by atoms with van der Waals surface area (Å²) >= 11 is 0. The molecule has 0 aliphatic carbocycles. The third-order valence-electron chi connectivity index (χ3n) is 1.73. The van der Waals surface area contributed by atoms with E-state index in [0.717, 1.165) is 12.1 Å². The molecule has 0 unspecified atom stereocenters. The van der Waals surface area contributed by atoms with Gasteiger partial charge >= 0.3 is 0 Å². The third kappa shape index (κ3) is 2.88. The molecule has 0 saturated carbocycles. The number of amides is 1. The smallest absolute Gasteiger partial charge is 0.296 e. The first-order valence-corrected chi connectivity index (χ1v) is 5.63. The Morgan fingerprint density at radius 3 is 2.50 bits per heavy atom. The third-order valence-corrected chi connectivity index (χ3v) is 2.64. The van der Waals surface area contributed by atoms with E-state index in [-0.39, 0.29) is 11.3 Å². The summed E-state index contributed by atoms with van der Waals surface area (Å²) in [6.45, 7) is 1.18. The summed E-state index contributed by atoms with van der Waals surface area (Å²) in [6.07, 6.45) is 0.499. The molecule has 6 nitrogen and oxygen atoms in total. The maximum atomic E-state index is 11.0. The van der Waals surface area contributed by atoms with E-state index in [1.54, 1.807) is 0 Å². The van der Waals surface area contributed by atoms with E-state index in [9.17, 15) is 18.0 Å². The lowest BCUT2D eigenvalue weighted by atomic mass is 10.2. The molecule has 0 bridgehead atoms. The standard InChI is InChI=1S/C9H9NO5S/c1-6(12)10-8-4-7(5-11)2-3-9(8)16(13,14)15/h2-5H,1H3,(H,10,12)(H,13,14,15). The highest BCUT2D eigenvalue weighted by Gasteiger charge is 2.16. The van der Waals surface area contributed by atoms with Gasteiger partial charge in [-0.1, -0.05) is 6.07 Å². The number of carbonyl (C=O) groups excluding carboxylic acids is 2. The van der Waals surface area contributed by atoms with Crippen molar-refractivity contribution in [1.29, 1.82) is 0 Å². The molecule has 16 heavy (non-hydrogen) atoms. The summed E-state index contributed by atoms with van der Waals surface area (Å²) in [4.78, 5) is 20.8. The summed E-state index contributed by atoms with van der Waals surface area (Å²) in [7, 11) is -4.43. The van der Waals surface area contributed by atoms with Crippen LogP contribution < -0.4 is 5.32 Å². The van der Waals surface area contributed by atoms with Gasteiger partial charge in [0, 0.05) is 12.5 Å². The maximum Gasteiger partial charge on any atom is 0.296 e. The number of rotatable bonds is 3. The van der Waals surface area contributed by atoms with E-state index in [1.807, 2.05) is 0 Å². The van der Waals surface area contributed by atoms with Crippen LogP contribution in [0, 0.1) is 0 Å². The first-order valence-electron chi connectivity index (χ1n) is 4.19. The topological polar surface area (TPSA) is 101 Å². The summed E-state index contributed by atoms with van der Waals surface area (Å²) in [5.41, 5.74) is 0.0655. The van der Waals surface area contributed by atoms with E-state index in [4.69, 9.17) is 4.55 Å². The van der Waals surface area contributed by atoms with E-state index in [0.29, 0.717) is 6.29 Å². The van der Waals surface area contributed by atoms with Gasteiger partial charge in [0.2, 0.25) is 5.91 Å². The Balaban J connectivity index is 3.38. The lowest BCUT2D eigenvalue weighted by molar-refractivity contribution is -0.114. The summed E-state index contributed by atoms with van der Waals surface area (Å²) in [6, 6.07) is 3.43. The number of hydrogen-bond donors (Lipinski definition) is 2. The zero-order valence-corrected chi connectivity index (χ0v) is 9.11. The van der Waals surface area contributed by atoms with Gasteiger partial charge in [-0.05, 0) is 12.1 Å². The summed E-state index contributed by atoms with van der Waals surface area (Å²) < 4.78 is 30.8. The van der Waals surface area contributed by atoms with Crippen LogP contribution in [-0.4, -0.2) is 25.2 Å². The van der Waals surface area contributed by atoms with Crippen molar-refractivity contribution in [1.82, 2.24) is 0 Å². The highest BCUT2D eigenvalue weighted by molar-refractivity contribution is 7.86. The molecule has 2 N–H and O–H groups in total. The second kappa shape index (κ2) is 4.42. The number of hydrogen-bond acceptors (Lipinski definition) is 4. The molecule has 0 heterocycles. The molecule has 0 aliphatic rings. The minimum atomic E-state index is -4.43. The number of carbonyl (C=O) groups is 2. The zero-order chi connectivity index (χ0) is 12.3. The van der Waals surface area contributed by atoms with Crippen LogP contribution in [0.2, 0.25) is 0 Å². The molecule has 1 amide bonds. The highest BCUT2D eigenvalue weighted by Crippen LogP contribution is 2.22. The lowest BCUT2D eigenvalue weighted by Crippen LogP contribution is -2.11. The van der Waals surface area contributed by atoms with Crippen molar-refractivity contribution in [2.45, 2.75) is 11.8 Å². The number of benzene rings is 1. The van der Waals surface area contributed by atoms with Crippen LogP contribution in [0.5, 0.6) is 0 Å². The van der Waals surface area contributed by atoms with Gasteiger partial charge < -0.3 is 5.32 Å². The fourth-order valence-corrected chi connectivity index (χ4v) is 1.76. The number of aldehydes is 1. The van der Waals surface area contributed by atoms with Crippen molar-refractivity contribution < 1.29 is 22.6 Å². The second-order valence-corrected chi connectivity index (χ2v) is 4.42. The van der Waals surface area contributed by atoms with E-state index in [1.165, 1.54) is 13.0 Å². The molecular weight excluding hydrogens is 234 g/mol. The van der Waals surface area contributed by atoms with Crippen LogP contribution in [0.25, 0.3) is 0 Å². The van der Waals surface area contributed by atoms with Gasteiger partial charge in [-0.2, -0.15) is 8.42 Å². The first-order chi connectivity index (χ1) is 7.34. The average molecular weight is 243 g/mol. The minimum absolute atomic E-state index is 0.125. The maximum absolute atomic E-state index is 11.0. The van der Waals surface area contributed by atoms with Crippen LogP contribution in [0.3, 0.4) is 0 Å². The Hall–Kier alpha value is -1.73. The molecule has 7 heteroatoms. The fourth-order valence-electron chi connectivity index (χ4n) is 1.13. The molecule has 0 radical (unpaired) electrons. The quantitative estimate of drug-likeness (QED) is 0.601. The van der Waals surface area contributed by atoms with Crippen LogP contribution in [0.1, 0.15) is 17.3 Å². The van der Waals surface area contributed by atoms with E-state index < -0.39 is 20.9 Å². The molecule has 0 aromatic heterocycles. The monoisotopic (exact) mass is 243 g/mol. The molecule has 0 fully saturated rings. The number of anilines is 1. The van der Waals surface area contributed by atoms with Crippen LogP contribution in [-0.2, 0) is 14.9 Å². The predicted octanol–water partition coefficient (Wildman–Crippen LogP) is 0.704. The zero-order valence-electron chi connectivity index (χ0n) is 8.30. The molecule has 1 aromatic rings. The van der Waals surface area contributed by atoms with Gasteiger partial charge in [0.15, 0.2) is 0 Å². The molecule has 0 aliphatic heterocycles. The number of nitrogens with one attached hydrogen (secondary N) is 1. The van der Waals surface area contributed by atoms with Crippen molar-refractivity contribution >= 4 is 28.0 Å².